The third kappa shape index (κ3) is 5.66. The minimum absolute atomic E-state index is 0.0332. The van der Waals surface area contributed by atoms with E-state index in [-0.39, 0.29) is 30.1 Å². The molecule has 2 aliphatic rings. The number of carbonyl (C=O) groups excluding carboxylic acids is 1. The van der Waals surface area contributed by atoms with Gasteiger partial charge in [0, 0.05) is 36.0 Å². The molecule has 0 aliphatic heterocycles. The van der Waals surface area contributed by atoms with Gasteiger partial charge in [-0.2, -0.15) is 0 Å². The fourth-order valence-electron chi connectivity index (χ4n) is 3.70. The molecule has 2 aliphatic carbocycles. The molecule has 7 nitrogen and oxygen atoms in total. The number of aliphatic carboxylic acids is 1. The number of carboxylic acid groups (broad SMARTS) is 1. The summed E-state index contributed by atoms with van der Waals surface area (Å²) in [6.07, 6.45) is 4.60. The highest BCUT2D eigenvalue weighted by atomic mass is 16.4. The molecule has 7 heteroatoms. The van der Waals surface area contributed by atoms with E-state index in [1.807, 2.05) is 4.90 Å². The first-order valence-corrected chi connectivity index (χ1v) is 9.80. The van der Waals surface area contributed by atoms with Crippen molar-refractivity contribution in [3.63, 3.8) is 0 Å². The Bertz CT molecular complexity index is 748. The van der Waals surface area contributed by atoms with Crippen LogP contribution in [0.2, 0.25) is 0 Å². The second-order valence-corrected chi connectivity index (χ2v) is 8.42. The number of nitrogens with zero attached hydrogens (tertiary/aromatic N) is 1. The van der Waals surface area contributed by atoms with Crippen LogP contribution >= 0.6 is 0 Å². The second kappa shape index (κ2) is 8.25. The first kappa shape index (κ1) is 19.6. The Hall–Kier alpha value is -2.15. The lowest BCUT2D eigenvalue weighted by molar-refractivity contribution is -0.139. The summed E-state index contributed by atoms with van der Waals surface area (Å²) in [5, 5.41) is 12.1. The van der Waals surface area contributed by atoms with Crippen LogP contribution in [0, 0.1) is 11.8 Å². The summed E-state index contributed by atoms with van der Waals surface area (Å²) in [7, 11) is 0. The first-order valence-electron chi connectivity index (χ1n) is 9.80. The van der Waals surface area contributed by atoms with E-state index >= 15 is 0 Å². The van der Waals surface area contributed by atoms with Crippen molar-refractivity contribution in [3.05, 3.63) is 33.7 Å². The maximum absolute atomic E-state index is 12.5. The zero-order valence-electron chi connectivity index (χ0n) is 16.0. The third-order valence-corrected chi connectivity index (χ3v) is 5.28. The molecule has 27 heavy (non-hydrogen) atoms. The zero-order chi connectivity index (χ0) is 19.6. The van der Waals surface area contributed by atoms with Crippen molar-refractivity contribution in [3.8, 4) is 0 Å². The molecular weight excluding hydrogens is 346 g/mol. The van der Waals surface area contributed by atoms with Crippen LogP contribution in [-0.2, 0) is 11.2 Å². The van der Waals surface area contributed by atoms with E-state index in [4.69, 9.17) is 5.11 Å². The summed E-state index contributed by atoms with van der Waals surface area (Å²) in [4.78, 5) is 40.2. The minimum atomic E-state index is -0.802. The predicted octanol–water partition coefficient (Wildman–Crippen LogP) is 1.63. The number of aromatic nitrogens is 1. The van der Waals surface area contributed by atoms with Gasteiger partial charge in [-0.25, -0.2) is 0 Å². The Kier molecular flexibility index (Phi) is 5.99. The van der Waals surface area contributed by atoms with Gasteiger partial charge in [0.2, 0.25) is 5.56 Å². The molecule has 2 fully saturated rings. The summed E-state index contributed by atoms with van der Waals surface area (Å²) < 4.78 is 0. The molecule has 0 aromatic carbocycles. The van der Waals surface area contributed by atoms with Gasteiger partial charge in [-0.1, -0.05) is 13.8 Å². The molecule has 0 saturated heterocycles. The lowest BCUT2D eigenvalue weighted by Gasteiger charge is -2.42. The monoisotopic (exact) mass is 375 g/mol. The molecule has 1 aromatic heterocycles. The molecule has 1 aromatic rings. The van der Waals surface area contributed by atoms with E-state index < -0.39 is 5.97 Å². The summed E-state index contributed by atoms with van der Waals surface area (Å²) in [6.45, 7) is 5.02. The molecule has 0 atom stereocenters. The van der Waals surface area contributed by atoms with Gasteiger partial charge < -0.3 is 15.4 Å². The molecule has 1 heterocycles. The van der Waals surface area contributed by atoms with E-state index in [9.17, 15) is 14.4 Å². The minimum Gasteiger partial charge on any atom is -0.480 e. The van der Waals surface area contributed by atoms with Crippen molar-refractivity contribution in [2.75, 3.05) is 13.1 Å². The number of amides is 1. The largest absolute Gasteiger partial charge is 0.480 e. The van der Waals surface area contributed by atoms with Crippen LogP contribution in [-0.4, -0.2) is 52.0 Å². The quantitative estimate of drug-likeness (QED) is 0.609. The molecule has 1 amide bonds. The second-order valence-electron chi connectivity index (χ2n) is 8.42. The van der Waals surface area contributed by atoms with E-state index in [1.54, 1.807) is 6.07 Å². The van der Waals surface area contributed by atoms with Gasteiger partial charge in [0.25, 0.3) is 5.91 Å². The maximum Gasteiger partial charge on any atom is 0.317 e. The standard InChI is InChI=1S/C20H29N3O4/c1-12(2)5-15-6-14(7-18(24)21-15)20(27)22-16-8-17(9-16)23(11-19(25)26)10-13-3-4-13/h6-7,12-13,16-17H,3-5,8-11H2,1-2H3,(H,21,24)(H,22,27)(H,25,26). The molecule has 2 saturated carbocycles. The van der Waals surface area contributed by atoms with Gasteiger partial charge in [0.05, 0.1) is 6.54 Å². The van der Waals surface area contributed by atoms with Crippen LogP contribution in [0.4, 0.5) is 0 Å². The van der Waals surface area contributed by atoms with Crippen molar-refractivity contribution in [1.82, 2.24) is 15.2 Å². The zero-order valence-corrected chi connectivity index (χ0v) is 16.0. The first-order chi connectivity index (χ1) is 12.8. The molecule has 0 spiro atoms. The van der Waals surface area contributed by atoms with Crippen LogP contribution in [0.15, 0.2) is 16.9 Å². The topological polar surface area (TPSA) is 102 Å². The Morgan fingerprint density at radius 3 is 2.59 bits per heavy atom. The van der Waals surface area contributed by atoms with E-state index in [1.165, 1.54) is 18.9 Å². The average molecular weight is 375 g/mol. The number of hydrogen-bond acceptors (Lipinski definition) is 4. The highest BCUT2D eigenvalue weighted by Crippen LogP contribution is 2.33. The highest BCUT2D eigenvalue weighted by Gasteiger charge is 2.37. The van der Waals surface area contributed by atoms with E-state index in [0.29, 0.717) is 23.8 Å². The van der Waals surface area contributed by atoms with Crippen LogP contribution in [0.5, 0.6) is 0 Å². The van der Waals surface area contributed by atoms with Crippen molar-refractivity contribution in [1.29, 1.82) is 0 Å². The van der Waals surface area contributed by atoms with E-state index in [2.05, 4.69) is 24.1 Å². The van der Waals surface area contributed by atoms with Crippen molar-refractivity contribution in [2.45, 2.75) is 58.0 Å². The molecule has 0 unspecified atom stereocenters. The van der Waals surface area contributed by atoms with Crippen LogP contribution < -0.4 is 10.9 Å². The molecule has 3 N–H and O–H groups in total. The lowest BCUT2D eigenvalue weighted by Crippen LogP contribution is -2.55. The van der Waals surface area contributed by atoms with Gasteiger partial charge in [-0.15, -0.1) is 0 Å². The van der Waals surface area contributed by atoms with Gasteiger partial charge >= 0.3 is 5.97 Å². The highest BCUT2D eigenvalue weighted by molar-refractivity contribution is 5.94. The Balaban J connectivity index is 1.54. The Morgan fingerprint density at radius 1 is 1.30 bits per heavy atom. The normalized spacial score (nSPS) is 21.9. The maximum atomic E-state index is 12.5. The number of nitrogens with one attached hydrogen (secondary N) is 2. The Labute approximate surface area is 159 Å². The van der Waals surface area contributed by atoms with Crippen molar-refractivity contribution < 1.29 is 14.7 Å². The third-order valence-electron chi connectivity index (χ3n) is 5.28. The number of hydrogen-bond donors (Lipinski definition) is 3. The molecular formula is C20H29N3O4. The smallest absolute Gasteiger partial charge is 0.317 e. The molecule has 3 rings (SSSR count). The fourth-order valence-corrected chi connectivity index (χ4v) is 3.70. The molecule has 0 bridgehead atoms. The predicted molar refractivity (Wildman–Crippen MR) is 102 cm³/mol. The number of H-pyrrole nitrogens is 1. The average Bonchev–Trinajstić information content (AvgIpc) is 3.31. The lowest BCUT2D eigenvalue weighted by atomic mass is 9.85. The van der Waals surface area contributed by atoms with Crippen molar-refractivity contribution >= 4 is 11.9 Å². The van der Waals surface area contributed by atoms with E-state index in [0.717, 1.165) is 25.1 Å². The van der Waals surface area contributed by atoms with Crippen LogP contribution in [0.3, 0.4) is 0 Å². The Morgan fingerprint density at radius 2 is 2.00 bits per heavy atom. The fraction of sp³-hybridized carbons (Fsp3) is 0.650. The number of rotatable bonds is 9. The van der Waals surface area contributed by atoms with Gasteiger partial charge in [0.15, 0.2) is 0 Å². The SMILES string of the molecule is CC(C)Cc1cc(C(=O)NC2CC(N(CC(=O)O)CC3CC3)C2)cc(=O)[nH]1. The number of carbonyl (C=O) groups is 2. The molecule has 148 valence electrons. The summed E-state index contributed by atoms with van der Waals surface area (Å²) in [6, 6.07) is 3.32. The van der Waals surface area contributed by atoms with Crippen molar-refractivity contribution in [2.24, 2.45) is 11.8 Å². The number of pyridine rings is 1. The summed E-state index contributed by atoms with van der Waals surface area (Å²) >= 11 is 0. The van der Waals surface area contributed by atoms with Crippen LogP contribution in [0.25, 0.3) is 0 Å². The van der Waals surface area contributed by atoms with Gasteiger partial charge in [-0.3, -0.25) is 19.3 Å². The van der Waals surface area contributed by atoms with Crippen LogP contribution in [0.1, 0.15) is 55.6 Å². The summed E-state index contributed by atoms with van der Waals surface area (Å²) in [5.74, 6) is -0.0164. The summed E-state index contributed by atoms with van der Waals surface area (Å²) in [5.41, 5.74) is 0.895. The molecule has 0 radical (unpaired) electrons. The van der Waals surface area contributed by atoms with Gasteiger partial charge in [-0.05, 0) is 50.0 Å². The number of aromatic amines is 1. The number of carboxylic acids is 1. The van der Waals surface area contributed by atoms with Gasteiger partial charge in [0.1, 0.15) is 0 Å².